The van der Waals surface area contributed by atoms with Crippen LogP contribution in [0.3, 0.4) is 0 Å². The lowest BCUT2D eigenvalue weighted by molar-refractivity contribution is 0.122. The molecule has 0 unspecified atom stereocenters. The molecule has 0 amide bonds. The van der Waals surface area contributed by atoms with Crippen LogP contribution in [-0.2, 0) is 27.8 Å². The minimum absolute atomic E-state index is 0.414. The van der Waals surface area contributed by atoms with Gasteiger partial charge in [0.25, 0.3) is 0 Å². The van der Waals surface area contributed by atoms with Crippen LogP contribution in [0.2, 0.25) is 0 Å². The fraction of sp³-hybridized carbons (Fsp3) is 0.355. The Bertz CT molecular complexity index is 1930. The van der Waals surface area contributed by atoms with Crippen LogP contribution in [0.25, 0.3) is 21.3 Å². The molecule has 0 atom stereocenters. The van der Waals surface area contributed by atoms with Crippen LogP contribution < -0.4 is 10.3 Å². The summed E-state index contributed by atoms with van der Waals surface area (Å²) in [5.41, 5.74) is 7.06. The zero-order valence-electron chi connectivity index (χ0n) is 25.0. The second-order valence-electron chi connectivity index (χ2n) is 11.2. The van der Waals surface area contributed by atoms with Crippen molar-refractivity contribution < 1.29 is 13.2 Å². The largest absolute Gasteiger partial charge is 0.378 e. The number of benzene rings is 2. The van der Waals surface area contributed by atoms with Gasteiger partial charge in [-0.2, -0.15) is 14.4 Å². The zero-order chi connectivity index (χ0) is 30.8. The van der Waals surface area contributed by atoms with Gasteiger partial charge >= 0.3 is 0 Å². The molecule has 0 radical (unpaired) electrons. The maximum Gasteiger partial charge on any atom is 0.246 e. The van der Waals surface area contributed by atoms with Crippen LogP contribution in [0.4, 0.5) is 11.8 Å². The highest BCUT2D eigenvalue weighted by atomic mass is 32.2. The van der Waals surface area contributed by atoms with E-state index < -0.39 is 10.0 Å². The van der Waals surface area contributed by atoms with Crippen molar-refractivity contribution in [2.24, 2.45) is 5.10 Å². The van der Waals surface area contributed by atoms with Gasteiger partial charge in [0, 0.05) is 57.2 Å². The van der Waals surface area contributed by atoms with Crippen LogP contribution in [-0.4, -0.2) is 102 Å². The van der Waals surface area contributed by atoms with E-state index in [2.05, 4.69) is 49.2 Å². The summed E-state index contributed by atoms with van der Waals surface area (Å²) < 4.78 is 34.2. The fourth-order valence-corrected chi connectivity index (χ4v) is 7.78. The molecule has 5 heterocycles. The molecule has 12 nitrogen and oxygen atoms in total. The first-order valence-corrected chi connectivity index (χ1v) is 17.7. The number of sulfonamides is 1. The average Bonchev–Trinajstić information content (AvgIpc) is 3.62. The Hall–Kier alpha value is -3.95. The number of ether oxygens (including phenoxy) is 1. The summed E-state index contributed by atoms with van der Waals surface area (Å²) in [5.74, 6) is 2.02. The summed E-state index contributed by atoms with van der Waals surface area (Å²) >= 11 is 1.69. The number of hydrazone groups is 1. The van der Waals surface area contributed by atoms with Gasteiger partial charge in [0.1, 0.15) is 0 Å². The quantitative estimate of drug-likeness (QED) is 0.190. The van der Waals surface area contributed by atoms with E-state index >= 15 is 0 Å². The van der Waals surface area contributed by atoms with E-state index in [-0.39, 0.29) is 0 Å². The monoisotopic (exact) mass is 645 g/mol. The van der Waals surface area contributed by atoms with Crippen molar-refractivity contribution in [1.29, 1.82) is 0 Å². The average molecular weight is 646 g/mol. The predicted molar refractivity (Wildman–Crippen MR) is 179 cm³/mol. The van der Waals surface area contributed by atoms with Gasteiger partial charge in [-0.3, -0.25) is 4.90 Å². The molecule has 0 aliphatic carbocycles. The van der Waals surface area contributed by atoms with Gasteiger partial charge in [0.15, 0.2) is 11.6 Å². The molecule has 2 aliphatic heterocycles. The summed E-state index contributed by atoms with van der Waals surface area (Å²) in [7, 11) is -3.16. The molecule has 2 aromatic carbocycles. The van der Waals surface area contributed by atoms with Gasteiger partial charge in [0.05, 0.1) is 46.9 Å². The van der Waals surface area contributed by atoms with Gasteiger partial charge in [-0.05, 0) is 23.8 Å². The van der Waals surface area contributed by atoms with E-state index in [1.807, 2.05) is 36.4 Å². The van der Waals surface area contributed by atoms with Crippen molar-refractivity contribution >= 4 is 60.6 Å². The number of para-hydroxylation sites is 2. The summed E-state index contributed by atoms with van der Waals surface area (Å²) in [5, 5.41) is 4.54. The number of imidazole rings is 1. The molecule has 0 spiro atoms. The molecular weight excluding hydrogens is 611 g/mol. The summed E-state index contributed by atoms with van der Waals surface area (Å²) in [6, 6.07) is 20.5. The molecule has 1 N–H and O–H groups in total. The van der Waals surface area contributed by atoms with Gasteiger partial charge < -0.3 is 14.2 Å². The van der Waals surface area contributed by atoms with Crippen LogP contribution in [0.5, 0.6) is 0 Å². The highest BCUT2D eigenvalue weighted by molar-refractivity contribution is 7.88. The number of nitrogens with zero attached hydrogens (tertiary/aromatic N) is 8. The lowest BCUT2D eigenvalue weighted by Crippen LogP contribution is -2.47. The maximum atomic E-state index is 11.9. The summed E-state index contributed by atoms with van der Waals surface area (Å²) in [6.07, 6.45) is 3.00. The van der Waals surface area contributed by atoms with E-state index in [1.54, 1.807) is 21.9 Å². The van der Waals surface area contributed by atoms with Gasteiger partial charge in [-0.1, -0.05) is 42.5 Å². The molecule has 0 saturated carbocycles. The smallest absolute Gasteiger partial charge is 0.246 e. The van der Waals surface area contributed by atoms with Crippen molar-refractivity contribution in [3.63, 3.8) is 0 Å². The number of aromatic nitrogens is 4. The number of fused-ring (bicyclic) bond motifs is 2. The second-order valence-corrected chi connectivity index (χ2v) is 14.4. The third-order valence-electron chi connectivity index (χ3n) is 8.11. The number of hydrogen-bond donors (Lipinski definition) is 1. The Kier molecular flexibility index (Phi) is 8.47. The fourth-order valence-electron chi connectivity index (χ4n) is 5.79. The Morgan fingerprint density at radius 1 is 0.911 bits per heavy atom. The van der Waals surface area contributed by atoms with E-state index in [4.69, 9.17) is 19.7 Å². The molecule has 5 aromatic rings. The highest BCUT2D eigenvalue weighted by Gasteiger charge is 2.25. The number of nitrogens with one attached hydrogen (secondary N) is 1. The minimum atomic E-state index is -3.16. The summed E-state index contributed by atoms with van der Waals surface area (Å²) in [6.45, 7) is 6.60. The lowest BCUT2D eigenvalue weighted by Gasteiger charge is -2.32. The molecule has 2 fully saturated rings. The third kappa shape index (κ3) is 6.70. The number of rotatable bonds is 9. The Morgan fingerprint density at radius 2 is 1.67 bits per heavy atom. The second kappa shape index (κ2) is 12.8. The number of piperazine rings is 1. The standard InChI is InChI=1S/C31H35N9O3S2/c1-45(41,42)39-13-11-37(12-14-39)22-24-19-26-29(44-24)30(38-15-17-43-18-16-38)35-31(34-26)36-32-20-28-33-25-9-5-6-10-27(25)40(28)21-23-7-3-2-4-8-23/h2-10,19-20H,11-18,21-22H2,1H3,(H,34,35,36)/b32-20+. The first-order valence-electron chi connectivity index (χ1n) is 15.0. The first-order chi connectivity index (χ1) is 21.9. The molecule has 45 heavy (non-hydrogen) atoms. The molecule has 2 aliphatic rings. The van der Waals surface area contributed by atoms with E-state index in [9.17, 15) is 8.42 Å². The van der Waals surface area contributed by atoms with Crippen molar-refractivity contribution in [2.45, 2.75) is 13.1 Å². The number of anilines is 2. The first kappa shape index (κ1) is 29.7. The van der Waals surface area contributed by atoms with Gasteiger partial charge in [-0.15, -0.1) is 11.3 Å². The number of thiophene rings is 1. The van der Waals surface area contributed by atoms with Crippen molar-refractivity contribution in [1.82, 2.24) is 28.7 Å². The van der Waals surface area contributed by atoms with Gasteiger partial charge in [-0.25, -0.2) is 23.8 Å². The predicted octanol–water partition coefficient (Wildman–Crippen LogP) is 3.45. The molecule has 3 aromatic heterocycles. The van der Waals surface area contributed by atoms with Crippen LogP contribution in [0.1, 0.15) is 16.3 Å². The molecule has 234 valence electrons. The van der Waals surface area contributed by atoms with Crippen LogP contribution >= 0.6 is 11.3 Å². The molecular formula is C31H35N9O3S2. The Labute approximate surface area is 266 Å². The van der Waals surface area contributed by atoms with Crippen molar-refractivity contribution in [2.75, 3.05) is 69.1 Å². The Morgan fingerprint density at radius 3 is 2.44 bits per heavy atom. The van der Waals surface area contributed by atoms with Gasteiger partial charge in [0.2, 0.25) is 16.0 Å². The topological polar surface area (TPSA) is 121 Å². The number of morpholine rings is 1. The van der Waals surface area contributed by atoms with E-state index in [0.29, 0.717) is 51.9 Å². The van der Waals surface area contributed by atoms with Crippen LogP contribution in [0, 0.1) is 0 Å². The summed E-state index contributed by atoms with van der Waals surface area (Å²) in [4.78, 5) is 20.3. The highest BCUT2D eigenvalue weighted by Crippen LogP contribution is 2.34. The SMILES string of the molecule is CS(=O)(=O)N1CCN(Cc2cc3nc(N/N=C/c4nc5ccccc5n4Cc4ccccc4)nc(N4CCOCC4)c3s2)CC1. The van der Waals surface area contributed by atoms with Crippen LogP contribution in [0.15, 0.2) is 65.8 Å². The zero-order valence-corrected chi connectivity index (χ0v) is 26.7. The Balaban J connectivity index is 1.14. The molecule has 14 heteroatoms. The third-order valence-corrected chi connectivity index (χ3v) is 10.5. The molecule has 7 rings (SSSR count). The maximum absolute atomic E-state index is 11.9. The molecule has 2 saturated heterocycles. The lowest BCUT2D eigenvalue weighted by atomic mass is 10.2. The van der Waals surface area contributed by atoms with E-state index in [0.717, 1.165) is 57.4 Å². The van der Waals surface area contributed by atoms with Crippen molar-refractivity contribution in [3.05, 3.63) is 76.9 Å². The van der Waals surface area contributed by atoms with Crippen molar-refractivity contribution in [3.8, 4) is 0 Å². The number of hydrogen-bond acceptors (Lipinski definition) is 11. The minimum Gasteiger partial charge on any atom is -0.378 e. The normalized spacial score (nSPS) is 17.1. The molecule has 0 bridgehead atoms. The van der Waals surface area contributed by atoms with E-state index in [1.165, 1.54) is 11.8 Å².